The number of fused-ring (bicyclic) bond motifs is 2. The molecule has 3 rings (SSSR count). The first kappa shape index (κ1) is 12.2. The van der Waals surface area contributed by atoms with Crippen molar-refractivity contribution in [3.8, 4) is 0 Å². The van der Waals surface area contributed by atoms with Crippen LogP contribution in [-0.4, -0.2) is 18.3 Å². The van der Waals surface area contributed by atoms with Crippen molar-refractivity contribution in [2.45, 2.75) is 6.54 Å². The lowest BCUT2D eigenvalue weighted by Crippen LogP contribution is -2.17. The van der Waals surface area contributed by atoms with Gasteiger partial charge in [-0.3, -0.25) is 0 Å². The first-order valence-corrected chi connectivity index (χ1v) is 6.61. The fourth-order valence-electron chi connectivity index (χ4n) is 2.59. The molecule has 2 N–H and O–H groups in total. The van der Waals surface area contributed by atoms with Gasteiger partial charge in [0.15, 0.2) is 0 Å². The molecular formula is C17H17NO. The Balaban J connectivity index is 2.21. The number of benzene rings is 3. The maximum absolute atomic E-state index is 8.91. The van der Waals surface area contributed by atoms with Crippen molar-refractivity contribution in [3.05, 3.63) is 60.2 Å². The van der Waals surface area contributed by atoms with Crippen molar-refractivity contribution in [2.24, 2.45) is 0 Å². The van der Waals surface area contributed by atoms with Crippen LogP contribution in [0, 0.1) is 0 Å². The molecule has 0 amide bonds. The monoisotopic (exact) mass is 251 g/mol. The van der Waals surface area contributed by atoms with Gasteiger partial charge in [-0.15, -0.1) is 0 Å². The van der Waals surface area contributed by atoms with Gasteiger partial charge in [-0.05, 0) is 33.2 Å². The van der Waals surface area contributed by atoms with E-state index < -0.39 is 0 Å². The standard InChI is InChI=1S/C17H17NO/c19-10-9-18-12-17-15-7-3-1-5-13(15)11-14-6-2-4-8-16(14)17/h1-8,11,18-19H,9-10,12H2. The van der Waals surface area contributed by atoms with Crippen LogP contribution in [-0.2, 0) is 6.54 Å². The molecule has 3 aromatic carbocycles. The molecule has 0 aliphatic carbocycles. The van der Waals surface area contributed by atoms with Crippen LogP contribution in [0.3, 0.4) is 0 Å². The summed E-state index contributed by atoms with van der Waals surface area (Å²) in [6.45, 7) is 1.57. The quantitative estimate of drug-likeness (QED) is 0.551. The molecule has 0 unspecified atom stereocenters. The molecule has 0 saturated carbocycles. The van der Waals surface area contributed by atoms with Gasteiger partial charge >= 0.3 is 0 Å². The minimum absolute atomic E-state index is 0.169. The van der Waals surface area contributed by atoms with Crippen LogP contribution in [0.25, 0.3) is 21.5 Å². The molecular weight excluding hydrogens is 234 g/mol. The molecule has 0 radical (unpaired) electrons. The maximum atomic E-state index is 8.91. The van der Waals surface area contributed by atoms with Gasteiger partial charge in [0.1, 0.15) is 0 Å². The molecule has 0 heterocycles. The summed E-state index contributed by atoms with van der Waals surface area (Å²) in [7, 11) is 0. The Kier molecular flexibility index (Phi) is 3.45. The minimum Gasteiger partial charge on any atom is -0.395 e. The highest BCUT2D eigenvalue weighted by atomic mass is 16.3. The van der Waals surface area contributed by atoms with E-state index in [9.17, 15) is 0 Å². The Morgan fingerprint density at radius 1 is 0.842 bits per heavy atom. The number of aliphatic hydroxyl groups excluding tert-OH is 1. The van der Waals surface area contributed by atoms with Crippen LogP contribution in [0.4, 0.5) is 0 Å². The van der Waals surface area contributed by atoms with E-state index in [2.05, 4.69) is 59.9 Å². The maximum Gasteiger partial charge on any atom is 0.0556 e. The third kappa shape index (κ3) is 2.33. The van der Waals surface area contributed by atoms with E-state index in [-0.39, 0.29) is 6.61 Å². The zero-order chi connectivity index (χ0) is 13.1. The molecule has 96 valence electrons. The summed E-state index contributed by atoms with van der Waals surface area (Å²) in [6, 6.07) is 19.2. The second-order valence-corrected chi connectivity index (χ2v) is 4.70. The lowest BCUT2D eigenvalue weighted by molar-refractivity contribution is 0.292. The van der Waals surface area contributed by atoms with E-state index in [4.69, 9.17) is 5.11 Å². The number of hydrogen-bond acceptors (Lipinski definition) is 2. The largest absolute Gasteiger partial charge is 0.395 e. The summed E-state index contributed by atoms with van der Waals surface area (Å²) >= 11 is 0. The van der Waals surface area contributed by atoms with Gasteiger partial charge < -0.3 is 10.4 Å². The minimum atomic E-state index is 0.169. The van der Waals surface area contributed by atoms with Gasteiger partial charge in [-0.1, -0.05) is 48.5 Å². The summed E-state index contributed by atoms with van der Waals surface area (Å²) in [4.78, 5) is 0. The Bertz CT molecular complexity index is 652. The van der Waals surface area contributed by atoms with E-state index in [1.54, 1.807) is 0 Å². The van der Waals surface area contributed by atoms with Gasteiger partial charge in [-0.25, -0.2) is 0 Å². The van der Waals surface area contributed by atoms with E-state index in [0.29, 0.717) is 6.54 Å². The Morgan fingerprint density at radius 2 is 1.42 bits per heavy atom. The molecule has 3 aromatic rings. The van der Waals surface area contributed by atoms with Gasteiger partial charge in [0.05, 0.1) is 6.61 Å². The predicted molar refractivity (Wildman–Crippen MR) is 80.2 cm³/mol. The van der Waals surface area contributed by atoms with E-state index in [1.165, 1.54) is 27.1 Å². The zero-order valence-electron chi connectivity index (χ0n) is 10.8. The van der Waals surface area contributed by atoms with Gasteiger partial charge in [0, 0.05) is 13.1 Å². The van der Waals surface area contributed by atoms with Crippen molar-refractivity contribution in [3.63, 3.8) is 0 Å². The summed E-state index contributed by atoms with van der Waals surface area (Å²) < 4.78 is 0. The first-order valence-electron chi connectivity index (χ1n) is 6.61. The smallest absolute Gasteiger partial charge is 0.0556 e. The second kappa shape index (κ2) is 5.39. The normalized spacial score (nSPS) is 11.2. The van der Waals surface area contributed by atoms with Crippen LogP contribution in [0.5, 0.6) is 0 Å². The topological polar surface area (TPSA) is 32.3 Å². The molecule has 0 aromatic heterocycles. The van der Waals surface area contributed by atoms with Crippen LogP contribution in [0.15, 0.2) is 54.6 Å². The SMILES string of the molecule is OCCNCc1c2ccccc2cc2ccccc12. The molecule has 0 aliphatic rings. The Labute approximate surface area is 112 Å². The number of rotatable bonds is 4. The van der Waals surface area contributed by atoms with E-state index in [0.717, 1.165) is 6.54 Å². The van der Waals surface area contributed by atoms with Crippen molar-refractivity contribution in [1.82, 2.24) is 5.32 Å². The van der Waals surface area contributed by atoms with Crippen LogP contribution >= 0.6 is 0 Å². The number of nitrogens with one attached hydrogen (secondary N) is 1. The lowest BCUT2D eigenvalue weighted by atomic mass is 9.97. The molecule has 2 heteroatoms. The van der Waals surface area contributed by atoms with Crippen LogP contribution < -0.4 is 5.32 Å². The highest BCUT2D eigenvalue weighted by Crippen LogP contribution is 2.28. The molecule has 0 aliphatic heterocycles. The van der Waals surface area contributed by atoms with Crippen molar-refractivity contribution in [2.75, 3.05) is 13.2 Å². The van der Waals surface area contributed by atoms with E-state index in [1.807, 2.05) is 0 Å². The third-order valence-corrected chi connectivity index (χ3v) is 3.47. The molecule has 0 fully saturated rings. The fourth-order valence-corrected chi connectivity index (χ4v) is 2.59. The molecule has 2 nitrogen and oxygen atoms in total. The van der Waals surface area contributed by atoms with Gasteiger partial charge in [0.25, 0.3) is 0 Å². The molecule has 19 heavy (non-hydrogen) atoms. The van der Waals surface area contributed by atoms with E-state index >= 15 is 0 Å². The lowest BCUT2D eigenvalue weighted by Gasteiger charge is -2.12. The van der Waals surface area contributed by atoms with Crippen molar-refractivity contribution >= 4 is 21.5 Å². The first-order chi connectivity index (χ1) is 9.40. The second-order valence-electron chi connectivity index (χ2n) is 4.70. The highest BCUT2D eigenvalue weighted by Gasteiger charge is 2.06. The number of aliphatic hydroxyl groups is 1. The average Bonchev–Trinajstić information content (AvgIpc) is 2.46. The van der Waals surface area contributed by atoms with Gasteiger partial charge in [-0.2, -0.15) is 0 Å². The molecule has 0 spiro atoms. The Morgan fingerprint density at radius 3 is 2.00 bits per heavy atom. The van der Waals surface area contributed by atoms with Crippen molar-refractivity contribution < 1.29 is 5.11 Å². The van der Waals surface area contributed by atoms with Crippen LogP contribution in [0.2, 0.25) is 0 Å². The van der Waals surface area contributed by atoms with Crippen molar-refractivity contribution in [1.29, 1.82) is 0 Å². The molecule has 0 atom stereocenters. The summed E-state index contributed by atoms with van der Waals surface area (Å²) in [5, 5.41) is 17.3. The average molecular weight is 251 g/mol. The molecule has 0 saturated heterocycles. The summed E-state index contributed by atoms with van der Waals surface area (Å²) in [5.74, 6) is 0. The zero-order valence-corrected chi connectivity index (χ0v) is 10.8. The third-order valence-electron chi connectivity index (χ3n) is 3.47. The van der Waals surface area contributed by atoms with Crippen LogP contribution in [0.1, 0.15) is 5.56 Å². The fraction of sp³-hybridized carbons (Fsp3) is 0.176. The summed E-state index contributed by atoms with van der Waals surface area (Å²) in [6.07, 6.45) is 0. The summed E-state index contributed by atoms with van der Waals surface area (Å²) in [5.41, 5.74) is 1.31. The molecule has 0 bridgehead atoms. The number of hydrogen-bond donors (Lipinski definition) is 2. The Hall–Kier alpha value is -1.90. The predicted octanol–water partition coefficient (Wildman–Crippen LogP) is 3.07. The highest BCUT2D eigenvalue weighted by molar-refractivity contribution is 6.02. The van der Waals surface area contributed by atoms with Gasteiger partial charge in [0.2, 0.25) is 0 Å².